The van der Waals surface area contributed by atoms with Crippen LogP contribution in [-0.4, -0.2) is 10.9 Å². The summed E-state index contributed by atoms with van der Waals surface area (Å²) in [6.07, 6.45) is 3.38. The fourth-order valence-electron chi connectivity index (χ4n) is 3.15. The number of nitrogens with one attached hydrogen (secondary N) is 2. The molecule has 0 aliphatic heterocycles. The number of hydrogen-bond donors (Lipinski definition) is 2. The molecule has 24 heavy (non-hydrogen) atoms. The predicted molar refractivity (Wildman–Crippen MR) is 96.7 cm³/mol. The van der Waals surface area contributed by atoms with E-state index in [4.69, 9.17) is 0 Å². The molecule has 0 atom stereocenters. The number of anilines is 1. The van der Waals surface area contributed by atoms with Crippen molar-refractivity contribution >= 4 is 38.4 Å². The quantitative estimate of drug-likeness (QED) is 0.649. The van der Waals surface area contributed by atoms with E-state index in [9.17, 15) is 9.18 Å². The number of benzene rings is 2. The Morgan fingerprint density at radius 1 is 1.25 bits per heavy atom. The molecule has 4 rings (SSSR count). The zero-order valence-electron chi connectivity index (χ0n) is 13.1. The van der Waals surface area contributed by atoms with Gasteiger partial charge in [-0.2, -0.15) is 0 Å². The lowest BCUT2D eigenvalue weighted by Crippen LogP contribution is -2.27. The molecule has 0 radical (unpaired) electrons. The number of hydrogen-bond acceptors (Lipinski definition) is 1. The first kappa shape index (κ1) is 15.4. The lowest BCUT2D eigenvalue weighted by molar-refractivity contribution is -0.118. The molecule has 3 aromatic rings. The van der Waals surface area contributed by atoms with Crippen LogP contribution in [0, 0.1) is 12.7 Å². The van der Waals surface area contributed by atoms with Crippen molar-refractivity contribution in [1.29, 1.82) is 0 Å². The fourth-order valence-corrected chi connectivity index (χ4v) is 3.53. The van der Waals surface area contributed by atoms with Crippen LogP contribution >= 0.6 is 15.9 Å². The van der Waals surface area contributed by atoms with Gasteiger partial charge in [-0.15, -0.1) is 0 Å². The summed E-state index contributed by atoms with van der Waals surface area (Å²) in [6.45, 7) is 2.00. The predicted octanol–water partition coefficient (Wildman–Crippen LogP) is 5.05. The van der Waals surface area contributed by atoms with Crippen LogP contribution in [-0.2, 0) is 10.2 Å². The van der Waals surface area contributed by atoms with Gasteiger partial charge in [0.1, 0.15) is 5.82 Å². The SMILES string of the molecule is Cc1ccc(NC(=O)C2(c3c[nH]c4ccc(F)cc34)CC2)cc1Br. The second kappa shape index (κ2) is 5.45. The summed E-state index contributed by atoms with van der Waals surface area (Å²) in [5, 5.41) is 3.79. The van der Waals surface area contributed by atoms with E-state index in [-0.39, 0.29) is 11.7 Å². The van der Waals surface area contributed by atoms with E-state index in [1.54, 1.807) is 6.07 Å². The summed E-state index contributed by atoms with van der Waals surface area (Å²) in [6, 6.07) is 10.4. The van der Waals surface area contributed by atoms with Crippen LogP contribution in [0.3, 0.4) is 0 Å². The fraction of sp³-hybridized carbons (Fsp3) is 0.211. The monoisotopic (exact) mass is 386 g/mol. The molecule has 1 aliphatic carbocycles. The van der Waals surface area contributed by atoms with Crippen molar-refractivity contribution in [3.63, 3.8) is 0 Å². The van der Waals surface area contributed by atoms with Crippen LogP contribution in [0.1, 0.15) is 24.0 Å². The maximum atomic E-state index is 13.6. The number of carbonyl (C=O) groups is 1. The summed E-state index contributed by atoms with van der Waals surface area (Å²) >= 11 is 3.48. The summed E-state index contributed by atoms with van der Waals surface area (Å²) < 4.78 is 14.6. The molecule has 1 fully saturated rings. The van der Waals surface area contributed by atoms with E-state index in [0.29, 0.717) is 0 Å². The second-order valence-corrected chi connectivity index (χ2v) is 7.25. The van der Waals surface area contributed by atoms with Gasteiger partial charge >= 0.3 is 0 Å². The Hall–Kier alpha value is -2.14. The van der Waals surface area contributed by atoms with E-state index >= 15 is 0 Å². The van der Waals surface area contributed by atoms with E-state index in [1.165, 1.54) is 12.1 Å². The molecule has 1 amide bonds. The number of fused-ring (bicyclic) bond motifs is 1. The minimum Gasteiger partial charge on any atom is -0.361 e. The number of rotatable bonds is 3. The zero-order chi connectivity index (χ0) is 16.9. The van der Waals surface area contributed by atoms with Gasteiger partial charge in [0.05, 0.1) is 5.41 Å². The van der Waals surface area contributed by atoms with E-state index in [2.05, 4.69) is 26.2 Å². The van der Waals surface area contributed by atoms with Crippen LogP contribution in [0.2, 0.25) is 0 Å². The van der Waals surface area contributed by atoms with E-state index in [1.807, 2.05) is 31.3 Å². The topological polar surface area (TPSA) is 44.9 Å². The van der Waals surface area contributed by atoms with Gasteiger partial charge in [-0.1, -0.05) is 22.0 Å². The molecular formula is C19H16BrFN2O. The summed E-state index contributed by atoms with van der Waals surface area (Å²) in [5.74, 6) is -0.328. The first-order chi connectivity index (χ1) is 11.5. The average Bonchev–Trinajstić information content (AvgIpc) is 3.25. The number of aryl methyl sites for hydroxylation is 1. The van der Waals surface area contributed by atoms with Crippen LogP contribution in [0.5, 0.6) is 0 Å². The number of aromatic nitrogens is 1. The largest absolute Gasteiger partial charge is 0.361 e. The number of amides is 1. The lowest BCUT2D eigenvalue weighted by atomic mass is 9.94. The molecule has 122 valence electrons. The molecule has 0 spiro atoms. The normalized spacial score (nSPS) is 15.5. The molecule has 2 N–H and O–H groups in total. The second-order valence-electron chi connectivity index (χ2n) is 6.39. The Morgan fingerprint density at radius 2 is 2.04 bits per heavy atom. The molecule has 1 aromatic heterocycles. The van der Waals surface area contributed by atoms with Gasteiger partial charge in [0, 0.05) is 27.3 Å². The summed E-state index contributed by atoms with van der Waals surface area (Å²) in [5.41, 5.74) is 3.03. The highest BCUT2D eigenvalue weighted by atomic mass is 79.9. The highest BCUT2D eigenvalue weighted by molar-refractivity contribution is 9.10. The van der Waals surface area contributed by atoms with Gasteiger partial charge in [0.25, 0.3) is 0 Å². The molecule has 0 unspecified atom stereocenters. The Balaban J connectivity index is 1.68. The Kier molecular flexibility index (Phi) is 3.49. The Bertz CT molecular complexity index is 959. The molecule has 3 nitrogen and oxygen atoms in total. The third kappa shape index (κ3) is 2.44. The van der Waals surface area contributed by atoms with Gasteiger partial charge in [-0.25, -0.2) is 4.39 Å². The highest BCUT2D eigenvalue weighted by Gasteiger charge is 2.52. The molecule has 1 heterocycles. The molecule has 1 aliphatic rings. The van der Waals surface area contributed by atoms with Crippen molar-refractivity contribution in [2.75, 3.05) is 5.32 Å². The zero-order valence-corrected chi connectivity index (χ0v) is 14.7. The number of aromatic amines is 1. The average molecular weight is 387 g/mol. The molecular weight excluding hydrogens is 371 g/mol. The van der Waals surface area contributed by atoms with Gasteiger partial charge in [-0.3, -0.25) is 4.79 Å². The smallest absolute Gasteiger partial charge is 0.235 e. The third-order valence-corrected chi connectivity index (χ3v) is 5.63. The van der Waals surface area contributed by atoms with Crippen LogP contribution in [0.25, 0.3) is 10.9 Å². The first-order valence-electron chi connectivity index (χ1n) is 7.84. The lowest BCUT2D eigenvalue weighted by Gasteiger charge is -2.15. The van der Waals surface area contributed by atoms with Gasteiger partial charge in [0.2, 0.25) is 5.91 Å². The molecule has 1 saturated carbocycles. The van der Waals surface area contributed by atoms with Crippen molar-refractivity contribution < 1.29 is 9.18 Å². The first-order valence-corrected chi connectivity index (χ1v) is 8.64. The third-order valence-electron chi connectivity index (χ3n) is 4.77. The van der Waals surface area contributed by atoms with Crippen molar-refractivity contribution in [3.05, 3.63) is 64.0 Å². The Labute approximate surface area is 147 Å². The Morgan fingerprint density at radius 3 is 2.75 bits per heavy atom. The number of carbonyl (C=O) groups excluding carboxylic acids is 1. The minimum absolute atomic E-state index is 0.0385. The summed E-state index contributed by atoms with van der Waals surface area (Å²) in [4.78, 5) is 16.0. The maximum absolute atomic E-state index is 13.6. The number of halogens is 2. The maximum Gasteiger partial charge on any atom is 0.235 e. The van der Waals surface area contributed by atoms with E-state index < -0.39 is 5.41 Å². The van der Waals surface area contributed by atoms with Crippen LogP contribution < -0.4 is 5.32 Å². The standard InChI is InChI=1S/C19H16BrFN2O/c1-11-2-4-13(9-16(11)20)23-18(24)19(6-7-19)15-10-22-17-5-3-12(21)8-14(15)17/h2-5,8-10,22H,6-7H2,1H3,(H,23,24). The van der Waals surface area contributed by atoms with Crippen molar-refractivity contribution in [2.24, 2.45) is 0 Å². The van der Waals surface area contributed by atoms with E-state index in [0.717, 1.165) is 45.0 Å². The van der Waals surface area contributed by atoms with Gasteiger partial charge < -0.3 is 10.3 Å². The van der Waals surface area contributed by atoms with Crippen LogP contribution in [0.15, 0.2) is 47.1 Å². The summed E-state index contributed by atoms with van der Waals surface area (Å²) in [7, 11) is 0. The van der Waals surface area contributed by atoms with Crippen molar-refractivity contribution in [2.45, 2.75) is 25.2 Å². The number of H-pyrrole nitrogens is 1. The van der Waals surface area contributed by atoms with Crippen LogP contribution in [0.4, 0.5) is 10.1 Å². The molecule has 5 heteroatoms. The van der Waals surface area contributed by atoms with Gasteiger partial charge in [0.15, 0.2) is 0 Å². The van der Waals surface area contributed by atoms with Crippen molar-refractivity contribution in [1.82, 2.24) is 4.98 Å². The minimum atomic E-state index is -0.566. The highest BCUT2D eigenvalue weighted by Crippen LogP contribution is 2.51. The molecule has 2 aromatic carbocycles. The van der Waals surface area contributed by atoms with Crippen molar-refractivity contribution in [3.8, 4) is 0 Å². The van der Waals surface area contributed by atoms with Gasteiger partial charge in [-0.05, 0) is 61.2 Å². The molecule has 0 saturated heterocycles. The molecule has 0 bridgehead atoms.